The van der Waals surface area contributed by atoms with Crippen molar-refractivity contribution in [1.29, 1.82) is 0 Å². The van der Waals surface area contributed by atoms with E-state index in [4.69, 9.17) is 18.0 Å². The maximum atomic E-state index is 12.5. The molecule has 0 aromatic heterocycles. The molecular weight excluding hydrogens is 288 g/mol. The van der Waals surface area contributed by atoms with Gasteiger partial charge in [-0.05, 0) is 49.5 Å². The Morgan fingerprint density at radius 2 is 1.85 bits per heavy atom. The van der Waals surface area contributed by atoms with Crippen molar-refractivity contribution < 1.29 is 4.79 Å². The zero-order valence-corrected chi connectivity index (χ0v) is 12.6. The van der Waals surface area contributed by atoms with Crippen molar-refractivity contribution in [1.82, 2.24) is 0 Å². The number of rotatable bonds is 2. The molecule has 2 aromatic rings. The van der Waals surface area contributed by atoms with Crippen molar-refractivity contribution in [3.63, 3.8) is 0 Å². The summed E-state index contributed by atoms with van der Waals surface area (Å²) < 4.78 is 0. The monoisotopic (exact) mass is 302 g/mol. The number of amides is 1. The number of carbonyl (C=O) groups excluding carboxylic acids is 1. The third-order valence-electron chi connectivity index (χ3n) is 2.81. The van der Waals surface area contributed by atoms with Crippen molar-refractivity contribution in [3.05, 3.63) is 59.7 Å². The summed E-state index contributed by atoms with van der Waals surface area (Å²) in [6.07, 6.45) is 0. The van der Waals surface area contributed by atoms with Crippen LogP contribution in [-0.4, -0.2) is 11.0 Å². The van der Waals surface area contributed by atoms with Gasteiger partial charge in [-0.25, -0.2) is 0 Å². The summed E-state index contributed by atoms with van der Waals surface area (Å²) in [4.78, 5) is 14.6. The number of thiol groups is 1. The van der Waals surface area contributed by atoms with Crippen molar-refractivity contribution in [2.75, 3.05) is 4.90 Å². The van der Waals surface area contributed by atoms with Crippen LogP contribution >= 0.6 is 24.8 Å². The Morgan fingerprint density at radius 1 is 1.20 bits per heavy atom. The molecule has 0 bridgehead atoms. The fourth-order valence-corrected chi connectivity index (χ4v) is 2.22. The van der Waals surface area contributed by atoms with Gasteiger partial charge in [-0.3, -0.25) is 9.69 Å². The molecule has 0 aliphatic heterocycles. The highest BCUT2D eigenvalue weighted by Gasteiger charge is 2.20. The number of hydrogen-bond donors (Lipinski definition) is 2. The van der Waals surface area contributed by atoms with Crippen molar-refractivity contribution in [2.24, 2.45) is 5.73 Å². The van der Waals surface area contributed by atoms with Gasteiger partial charge in [0.05, 0.1) is 5.69 Å². The van der Waals surface area contributed by atoms with E-state index in [1.165, 1.54) is 4.90 Å². The zero-order valence-electron chi connectivity index (χ0n) is 10.9. The van der Waals surface area contributed by atoms with Crippen LogP contribution in [0, 0.1) is 6.92 Å². The van der Waals surface area contributed by atoms with Gasteiger partial charge >= 0.3 is 0 Å². The van der Waals surface area contributed by atoms with Crippen LogP contribution in [0.4, 0.5) is 5.69 Å². The van der Waals surface area contributed by atoms with E-state index in [2.05, 4.69) is 12.6 Å². The maximum Gasteiger partial charge on any atom is 0.264 e. The average molecular weight is 302 g/mol. The third kappa shape index (κ3) is 3.18. The standard InChI is InChI=1S/C15H14N2OS2/c1-10-5-7-12(8-6-10)17(15(16)20)14(18)11-3-2-4-13(19)9-11/h2-9,19H,1H3,(H2,16,20). The molecule has 0 saturated carbocycles. The summed E-state index contributed by atoms with van der Waals surface area (Å²) >= 11 is 9.24. The molecule has 5 heteroatoms. The molecule has 0 unspecified atom stereocenters. The predicted octanol–water partition coefficient (Wildman–Crippen LogP) is 3.17. The molecule has 0 spiro atoms. The van der Waals surface area contributed by atoms with E-state index in [1.807, 2.05) is 31.2 Å². The molecular formula is C15H14N2OS2. The van der Waals surface area contributed by atoms with E-state index in [0.29, 0.717) is 16.1 Å². The average Bonchev–Trinajstić information content (AvgIpc) is 2.41. The van der Waals surface area contributed by atoms with Gasteiger partial charge in [0.2, 0.25) is 0 Å². The normalized spacial score (nSPS) is 10.1. The van der Waals surface area contributed by atoms with Crippen LogP contribution in [-0.2, 0) is 0 Å². The maximum absolute atomic E-state index is 12.5. The Morgan fingerprint density at radius 3 is 2.40 bits per heavy atom. The minimum Gasteiger partial charge on any atom is -0.376 e. The van der Waals surface area contributed by atoms with E-state index in [1.54, 1.807) is 24.3 Å². The van der Waals surface area contributed by atoms with Crippen molar-refractivity contribution in [3.8, 4) is 0 Å². The largest absolute Gasteiger partial charge is 0.376 e. The van der Waals surface area contributed by atoms with Gasteiger partial charge in [0, 0.05) is 10.5 Å². The van der Waals surface area contributed by atoms with Crippen LogP contribution in [0.25, 0.3) is 0 Å². The molecule has 0 aliphatic carbocycles. The first-order valence-corrected chi connectivity index (χ1v) is 6.84. The predicted molar refractivity (Wildman–Crippen MR) is 88.5 cm³/mol. The summed E-state index contributed by atoms with van der Waals surface area (Å²) in [5.41, 5.74) is 7.94. The lowest BCUT2D eigenvalue weighted by atomic mass is 10.1. The number of carbonyl (C=O) groups is 1. The Labute approximate surface area is 128 Å². The van der Waals surface area contributed by atoms with Crippen LogP contribution in [0.2, 0.25) is 0 Å². The van der Waals surface area contributed by atoms with Gasteiger partial charge in [0.15, 0.2) is 5.11 Å². The minimum atomic E-state index is -0.266. The van der Waals surface area contributed by atoms with Crippen LogP contribution in [0.15, 0.2) is 53.4 Å². The van der Waals surface area contributed by atoms with Gasteiger partial charge < -0.3 is 5.73 Å². The van der Waals surface area contributed by atoms with Crippen LogP contribution < -0.4 is 10.6 Å². The number of benzene rings is 2. The number of anilines is 1. The lowest BCUT2D eigenvalue weighted by molar-refractivity contribution is 0.100. The quantitative estimate of drug-likeness (QED) is 0.661. The topological polar surface area (TPSA) is 46.3 Å². The second-order valence-corrected chi connectivity index (χ2v) is 5.30. The highest BCUT2D eigenvalue weighted by Crippen LogP contribution is 2.19. The Hall–Kier alpha value is -1.85. The first-order valence-electron chi connectivity index (χ1n) is 5.98. The molecule has 20 heavy (non-hydrogen) atoms. The molecule has 1 amide bonds. The second kappa shape index (κ2) is 6.07. The minimum absolute atomic E-state index is 0.0171. The third-order valence-corrected chi connectivity index (χ3v) is 3.27. The number of nitrogens with zero attached hydrogens (tertiary/aromatic N) is 1. The lowest BCUT2D eigenvalue weighted by Crippen LogP contribution is -2.40. The highest BCUT2D eigenvalue weighted by molar-refractivity contribution is 7.80. The van der Waals surface area contributed by atoms with E-state index in [0.717, 1.165) is 5.56 Å². The Balaban J connectivity index is 2.41. The van der Waals surface area contributed by atoms with E-state index in [-0.39, 0.29) is 11.0 Å². The summed E-state index contributed by atoms with van der Waals surface area (Å²) in [7, 11) is 0. The second-order valence-electron chi connectivity index (χ2n) is 4.36. The molecule has 102 valence electrons. The molecule has 2 rings (SSSR count). The molecule has 0 saturated heterocycles. The van der Waals surface area contributed by atoms with Crippen LogP contribution in [0.1, 0.15) is 15.9 Å². The van der Waals surface area contributed by atoms with Gasteiger partial charge in [-0.2, -0.15) is 0 Å². The smallest absolute Gasteiger partial charge is 0.264 e. The first-order chi connectivity index (χ1) is 9.49. The van der Waals surface area contributed by atoms with Crippen LogP contribution in [0.3, 0.4) is 0 Å². The molecule has 0 atom stereocenters. The molecule has 2 aromatic carbocycles. The number of thiocarbonyl (C=S) groups is 1. The van der Waals surface area contributed by atoms with E-state index in [9.17, 15) is 4.79 Å². The number of nitrogens with two attached hydrogens (primary N) is 1. The number of hydrogen-bond acceptors (Lipinski definition) is 3. The van der Waals surface area contributed by atoms with E-state index >= 15 is 0 Å². The molecule has 0 heterocycles. The van der Waals surface area contributed by atoms with Crippen molar-refractivity contribution >= 4 is 41.6 Å². The zero-order chi connectivity index (χ0) is 14.7. The highest BCUT2D eigenvalue weighted by atomic mass is 32.1. The molecule has 0 aliphatic rings. The summed E-state index contributed by atoms with van der Waals surface area (Å²) in [6, 6.07) is 14.4. The Kier molecular flexibility index (Phi) is 4.42. The Bertz CT molecular complexity index is 653. The molecule has 0 radical (unpaired) electrons. The SMILES string of the molecule is Cc1ccc(N(C(=O)c2cccc(S)c2)C(N)=S)cc1. The molecule has 3 nitrogen and oxygen atoms in total. The fourth-order valence-electron chi connectivity index (χ4n) is 1.81. The first kappa shape index (κ1) is 14.6. The van der Waals surface area contributed by atoms with Gasteiger partial charge in [0.1, 0.15) is 0 Å². The number of aryl methyl sites for hydroxylation is 1. The van der Waals surface area contributed by atoms with E-state index < -0.39 is 0 Å². The fraction of sp³-hybridized carbons (Fsp3) is 0.0667. The lowest BCUT2D eigenvalue weighted by Gasteiger charge is -2.21. The van der Waals surface area contributed by atoms with Gasteiger partial charge in [-0.15, -0.1) is 12.6 Å². The van der Waals surface area contributed by atoms with Crippen molar-refractivity contribution in [2.45, 2.75) is 11.8 Å². The van der Waals surface area contributed by atoms with Gasteiger partial charge in [-0.1, -0.05) is 23.8 Å². The summed E-state index contributed by atoms with van der Waals surface area (Å²) in [6.45, 7) is 1.97. The molecule has 0 fully saturated rings. The van der Waals surface area contributed by atoms with Gasteiger partial charge in [0.25, 0.3) is 5.91 Å². The van der Waals surface area contributed by atoms with Crippen LogP contribution in [0.5, 0.6) is 0 Å². The summed E-state index contributed by atoms with van der Waals surface area (Å²) in [5.74, 6) is -0.266. The molecule has 2 N–H and O–H groups in total. The summed E-state index contributed by atoms with van der Waals surface area (Å²) in [5, 5.41) is 0.0171.